The van der Waals surface area contributed by atoms with Crippen LogP contribution in [0.3, 0.4) is 0 Å². The smallest absolute Gasteiger partial charge is 0.413 e. The van der Waals surface area contributed by atoms with Gasteiger partial charge in [-0.15, -0.1) is 0 Å². The molecule has 0 spiro atoms. The molecule has 0 fully saturated rings. The number of H-pyrrole nitrogens is 1. The molecule has 1 heterocycles. The van der Waals surface area contributed by atoms with Gasteiger partial charge >= 0.3 is 6.09 Å². The largest absolute Gasteiger partial charge is 0.450 e. The van der Waals surface area contributed by atoms with E-state index >= 15 is 0 Å². The molecule has 8 nitrogen and oxygen atoms in total. The molecule has 0 bridgehead atoms. The maximum Gasteiger partial charge on any atom is 0.413 e. The first-order chi connectivity index (χ1) is 8.90. The number of carbonyl (C=O) groups excluding carboxylic acids is 1. The third kappa shape index (κ3) is 3.01. The highest BCUT2D eigenvalue weighted by molar-refractivity contribution is 7.85. The fourth-order valence-electron chi connectivity index (χ4n) is 1.47. The number of ether oxygens (including phenoxy) is 1. The van der Waals surface area contributed by atoms with Crippen molar-refractivity contribution in [3.8, 4) is 0 Å². The number of hydrogen-bond donors (Lipinski definition) is 3. The van der Waals surface area contributed by atoms with Gasteiger partial charge in [0, 0.05) is 0 Å². The zero-order valence-electron chi connectivity index (χ0n) is 9.87. The summed E-state index contributed by atoms with van der Waals surface area (Å²) in [5, 5.41) is 2.35. The van der Waals surface area contributed by atoms with Crippen LogP contribution in [0.1, 0.15) is 6.92 Å². The Bertz CT molecular complexity index is 722. The third-order valence-corrected chi connectivity index (χ3v) is 3.10. The molecule has 102 valence electrons. The van der Waals surface area contributed by atoms with Crippen molar-refractivity contribution in [2.24, 2.45) is 0 Å². The Balaban J connectivity index is 2.33. The summed E-state index contributed by atoms with van der Waals surface area (Å²) in [6.45, 7) is 1.88. The van der Waals surface area contributed by atoms with Crippen LogP contribution in [0.5, 0.6) is 0 Å². The van der Waals surface area contributed by atoms with Gasteiger partial charge in [-0.3, -0.25) is 9.87 Å². The fraction of sp³-hybridized carbons (Fsp3) is 0.200. The van der Waals surface area contributed by atoms with E-state index in [2.05, 4.69) is 20.0 Å². The summed E-state index contributed by atoms with van der Waals surface area (Å²) in [5.74, 6) is 0.126. The predicted molar refractivity (Wildman–Crippen MR) is 66.6 cm³/mol. The van der Waals surface area contributed by atoms with Crippen LogP contribution in [0.25, 0.3) is 11.0 Å². The van der Waals surface area contributed by atoms with E-state index in [0.29, 0.717) is 11.0 Å². The first-order valence-electron chi connectivity index (χ1n) is 5.31. The highest BCUT2D eigenvalue weighted by Crippen LogP contribution is 2.18. The molecular formula is C10H11N3O5S. The maximum absolute atomic E-state index is 11.2. The van der Waals surface area contributed by atoms with Crippen LogP contribution in [0.15, 0.2) is 23.1 Å². The van der Waals surface area contributed by atoms with E-state index in [9.17, 15) is 13.2 Å². The Kier molecular flexibility index (Phi) is 3.40. The lowest BCUT2D eigenvalue weighted by Crippen LogP contribution is -2.14. The lowest BCUT2D eigenvalue weighted by Gasteiger charge is -2.00. The van der Waals surface area contributed by atoms with Crippen LogP contribution in [0.2, 0.25) is 0 Å². The zero-order valence-corrected chi connectivity index (χ0v) is 10.7. The predicted octanol–water partition coefficient (Wildman–Crippen LogP) is 1.38. The molecule has 1 aromatic heterocycles. The molecule has 0 aliphatic heterocycles. The molecule has 1 amide bonds. The molecule has 0 radical (unpaired) electrons. The molecule has 3 N–H and O–H groups in total. The van der Waals surface area contributed by atoms with Crippen molar-refractivity contribution in [3.05, 3.63) is 18.2 Å². The van der Waals surface area contributed by atoms with Crippen molar-refractivity contribution >= 4 is 33.2 Å². The SMILES string of the molecule is CCOC(=O)Nc1nc2ccc(S(=O)(=O)O)cc2[nH]1. The normalized spacial score (nSPS) is 11.5. The summed E-state index contributed by atoms with van der Waals surface area (Å²) in [7, 11) is -4.28. The van der Waals surface area contributed by atoms with E-state index in [1.54, 1.807) is 6.92 Å². The second-order valence-electron chi connectivity index (χ2n) is 3.58. The number of amides is 1. The van der Waals surface area contributed by atoms with Gasteiger partial charge in [0.25, 0.3) is 10.1 Å². The van der Waals surface area contributed by atoms with Gasteiger partial charge in [-0.05, 0) is 25.1 Å². The van der Waals surface area contributed by atoms with Gasteiger partial charge in [0.2, 0.25) is 5.95 Å². The Morgan fingerprint density at radius 1 is 1.53 bits per heavy atom. The molecule has 0 atom stereocenters. The number of anilines is 1. The van der Waals surface area contributed by atoms with E-state index in [-0.39, 0.29) is 17.5 Å². The molecule has 0 unspecified atom stereocenters. The molecule has 19 heavy (non-hydrogen) atoms. The summed E-state index contributed by atoms with van der Waals surface area (Å²) < 4.78 is 35.5. The van der Waals surface area contributed by atoms with Crippen molar-refractivity contribution in [2.45, 2.75) is 11.8 Å². The van der Waals surface area contributed by atoms with Crippen molar-refractivity contribution in [3.63, 3.8) is 0 Å². The van der Waals surface area contributed by atoms with Crippen LogP contribution < -0.4 is 5.32 Å². The molecule has 0 saturated heterocycles. The lowest BCUT2D eigenvalue weighted by molar-refractivity contribution is 0.167. The van der Waals surface area contributed by atoms with Crippen LogP contribution in [0, 0.1) is 0 Å². The number of nitrogens with one attached hydrogen (secondary N) is 2. The standard InChI is InChI=1S/C10H11N3O5S/c1-2-18-10(14)13-9-11-7-4-3-6(19(15,16)17)5-8(7)12-9/h3-5H,2H2,1H3,(H,15,16,17)(H2,11,12,13,14). The fourth-order valence-corrected chi connectivity index (χ4v) is 1.98. The molecule has 2 rings (SSSR count). The molecule has 1 aromatic carbocycles. The lowest BCUT2D eigenvalue weighted by atomic mass is 10.3. The third-order valence-electron chi connectivity index (χ3n) is 2.25. The number of rotatable bonds is 3. The number of fused-ring (bicyclic) bond motifs is 1. The number of aromatic nitrogens is 2. The summed E-state index contributed by atoms with van der Waals surface area (Å²) in [6, 6.07) is 3.84. The molecular weight excluding hydrogens is 274 g/mol. The number of nitrogens with zero attached hydrogens (tertiary/aromatic N) is 1. The molecule has 2 aromatic rings. The summed E-state index contributed by atoms with van der Waals surface area (Å²) in [6.07, 6.45) is -0.670. The van der Waals surface area contributed by atoms with E-state index in [0.717, 1.165) is 0 Å². The second-order valence-corrected chi connectivity index (χ2v) is 5.01. The zero-order chi connectivity index (χ0) is 14.0. The summed E-state index contributed by atoms with van der Waals surface area (Å²) in [5.41, 5.74) is 0.807. The average molecular weight is 285 g/mol. The second kappa shape index (κ2) is 4.86. The van der Waals surface area contributed by atoms with Crippen LogP contribution >= 0.6 is 0 Å². The first kappa shape index (κ1) is 13.3. The van der Waals surface area contributed by atoms with Gasteiger partial charge in [0.15, 0.2) is 0 Å². The molecule has 0 aliphatic carbocycles. The van der Waals surface area contributed by atoms with Gasteiger partial charge in [-0.2, -0.15) is 8.42 Å². The van der Waals surface area contributed by atoms with E-state index in [1.165, 1.54) is 18.2 Å². The van der Waals surface area contributed by atoms with Crippen molar-refractivity contribution in [1.82, 2.24) is 9.97 Å². The maximum atomic E-state index is 11.2. The topological polar surface area (TPSA) is 121 Å². The number of benzene rings is 1. The van der Waals surface area contributed by atoms with E-state index in [1.807, 2.05) is 0 Å². The highest BCUT2D eigenvalue weighted by atomic mass is 32.2. The number of imidazole rings is 1. The van der Waals surface area contributed by atoms with E-state index in [4.69, 9.17) is 4.55 Å². The number of carbonyl (C=O) groups is 1. The Morgan fingerprint density at radius 3 is 2.89 bits per heavy atom. The van der Waals surface area contributed by atoms with Crippen LogP contribution in [0.4, 0.5) is 10.7 Å². The Labute approximate surface area is 108 Å². The summed E-state index contributed by atoms with van der Waals surface area (Å²) >= 11 is 0. The summed E-state index contributed by atoms with van der Waals surface area (Å²) in [4.78, 5) is 17.6. The monoisotopic (exact) mass is 285 g/mol. The van der Waals surface area contributed by atoms with Crippen LogP contribution in [-0.2, 0) is 14.9 Å². The van der Waals surface area contributed by atoms with Gasteiger partial charge in [-0.25, -0.2) is 9.78 Å². The van der Waals surface area contributed by atoms with Crippen molar-refractivity contribution in [2.75, 3.05) is 11.9 Å². The van der Waals surface area contributed by atoms with Gasteiger partial charge in [0.05, 0.1) is 22.5 Å². The van der Waals surface area contributed by atoms with Gasteiger partial charge in [0.1, 0.15) is 0 Å². The molecule has 9 heteroatoms. The Hall–Kier alpha value is -2.13. The van der Waals surface area contributed by atoms with Crippen molar-refractivity contribution < 1.29 is 22.5 Å². The number of aromatic amines is 1. The highest BCUT2D eigenvalue weighted by Gasteiger charge is 2.12. The minimum absolute atomic E-state index is 0.126. The minimum atomic E-state index is -4.28. The first-order valence-corrected chi connectivity index (χ1v) is 6.75. The Morgan fingerprint density at radius 2 is 2.26 bits per heavy atom. The van der Waals surface area contributed by atoms with Crippen molar-refractivity contribution in [1.29, 1.82) is 0 Å². The van der Waals surface area contributed by atoms with Gasteiger partial charge in [-0.1, -0.05) is 0 Å². The van der Waals surface area contributed by atoms with E-state index < -0.39 is 16.2 Å². The minimum Gasteiger partial charge on any atom is -0.450 e. The quantitative estimate of drug-likeness (QED) is 0.732. The van der Waals surface area contributed by atoms with Crippen LogP contribution in [-0.4, -0.2) is 35.6 Å². The van der Waals surface area contributed by atoms with Gasteiger partial charge < -0.3 is 9.72 Å². The molecule has 0 aliphatic rings. The number of hydrogen-bond acceptors (Lipinski definition) is 5. The average Bonchev–Trinajstić information content (AvgIpc) is 2.68. The molecule has 0 saturated carbocycles.